The summed E-state index contributed by atoms with van der Waals surface area (Å²) in [6.07, 6.45) is 1.79. The Morgan fingerprint density at radius 3 is 2.47 bits per heavy atom. The Bertz CT molecular complexity index is 966. The number of aryl methyl sites for hydroxylation is 1. The number of hydrogen-bond acceptors (Lipinski definition) is 6. The number of methoxy groups -OCH3 is 2. The maximum absolute atomic E-state index is 12.8. The average Bonchev–Trinajstić information content (AvgIpc) is 3.16. The smallest absolute Gasteiger partial charge is 0.293 e. The van der Waals surface area contributed by atoms with Crippen LogP contribution in [0.2, 0.25) is 0 Å². The van der Waals surface area contributed by atoms with Crippen LogP contribution in [0.4, 0.5) is 4.79 Å². The van der Waals surface area contributed by atoms with Crippen molar-refractivity contribution >= 4 is 29.0 Å². The van der Waals surface area contributed by atoms with E-state index in [9.17, 15) is 9.59 Å². The van der Waals surface area contributed by atoms with Crippen LogP contribution < -0.4 is 9.47 Å². The lowest BCUT2D eigenvalue weighted by atomic mass is 10.2. The second kappa shape index (κ2) is 9.86. The van der Waals surface area contributed by atoms with E-state index in [1.54, 1.807) is 32.4 Å². The zero-order valence-corrected chi connectivity index (χ0v) is 18.5. The van der Waals surface area contributed by atoms with Gasteiger partial charge in [-0.1, -0.05) is 12.1 Å². The molecule has 0 aliphatic carbocycles. The van der Waals surface area contributed by atoms with Crippen molar-refractivity contribution in [1.29, 1.82) is 0 Å². The lowest BCUT2D eigenvalue weighted by Crippen LogP contribution is -2.32. The lowest BCUT2D eigenvalue weighted by molar-refractivity contribution is -0.123. The Hall–Kier alpha value is -2.71. The first-order valence-electron chi connectivity index (χ1n) is 9.63. The number of amides is 2. The molecular formula is C22H26N2O5S. The highest BCUT2D eigenvalue weighted by molar-refractivity contribution is 8.18. The van der Waals surface area contributed by atoms with E-state index in [0.29, 0.717) is 23.0 Å². The van der Waals surface area contributed by atoms with Crippen molar-refractivity contribution < 1.29 is 23.8 Å². The molecule has 1 fully saturated rings. The van der Waals surface area contributed by atoms with E-state index in [0.717, 1.165) is 35.3 Å². The van der Waals surface area contributed by atoms with Crippen LogP contribution in [0.1, 0.15) is 17.0 Å². The molecule has 2 heterocycles. The van der Waals surface area contributed by atoms with Gasteiger partial charge >= 0.3 is 0 Å². The van der Waals surface area contributed by atoms with Crippen molar-refractivity contribution in [2.75, 3.05) is 34.0 Å². The first-order chi connectivity index (χ1) is 14.5. The molecule has 2 aromatic rings. The third kappa shape index (κ3) is 4.71. The normalized spacial score (nSPS) is 15.3. The molecule has 2 amide bonds. The Morgan fingerprint density at radius 2 is 1.77 bits per heavy atom. The lowest BCUT2D eigenvalue weighted by Gasteiger charge is -2.14. The summed E-state index contributed by atoms with van der Waals surface area (Å²) >= 11 is 0.957. The predicted molar refractivity (Wildman–Crippen MR) is 117 cm³/mol. The molecule has 1 aromatic heterocycles. The molecule has 30 heavy (non-hydrogen) atoms. The zero-order chi connectivity index (χ0) is 21.7. The van der Waals surface area contributed by atoms with Gasteiger partial charge in [-0.2, -0.15) is 0 Å². The number of rotatable bonds is 9. The fraction of sp³-hybridized carbons (Fsp3) is 0.364. The van der Waals surface area contributed by atoms with Gasteiger partial charge in [-0.25, -0.2) is 0 Å². The molecule has 0 saturated carbocycles. The van der Waals surface area contributed by atoms with Crippen molar-refractivity contribution in [3.8, 4) is 11.5 Å². The van der Waals surface area contributed by atoms with Crippen LogP contribution in [0.3, 0.4) is 0 Å². The van der Waals surface area contributed by atoms with Crippen LogP contribution in [0, 0.1) is 13.8 Å². The van der Waals surface area contributed by atoms with E-state index in [1.165, 1.54) is 4.90 Å². The van der Waals surface area contributed by atoms with Gasteiger partial charge in [0.25, 0.3) is 11.1 Å². The molecule has 160 valence electrons. The second-order valence-electron chi connectivity index (χ2n) is 6.80. The van der Waals surface area contributed by atoms with Crippen LogP contribution >= 0.6 is 11.8 Å². The van der Waals surface area contributed by atoms with E-state index in [1.807, 2.05) is 32.0 Å². The van der Waals surface area contributed by atoms with Crippen LogP contribution in [0.5, 0.6) is 11.5 Å². The summed E-state index contributed by atoms with van der Waals surface area (Å²) in [5, 5.41) is -0.289. The average molecular weight is 431 g/mol. The van der Waals surface area contributed by atoms with Crippen molar-refractivity contribution in [1.82, 2.24) is 9.47 Å². The molecular weight excluding hydrogens is 404 g/mol. The van der Waals surface area contributed by atoms with E-state index < -0.39 is 0 Å². The van der Waals surface area contributed by atoms with E-state index >= 15 is 0 Å². The van der Waals surface area contributed by atoms with Gasteiger partial charge in [0.05, 0.1) is 25.2 Å². The molecule has 0 atom stereocenters. The highest BCUT2D eigenvalue weighted by Crippen LogP contribution is 2.33. The topological polar surface area (TPSA) is 70.0 Å². The number of thioether (sulfide) groups is 1. The Labute approximate surface area is 180 Å². The number of para-hydroxylation sites is 2. The number of nitrogens with zero attached hydrogens (tertiary/aromatic N) is 2. The van der Waals surface area contributed by atoms with Crippen LogP contribution in [0.25, 0.3) is 6.08 Å². The Balaban J connectivity index is 1.67. The number of imide groups is 1. The van der Waals surface area contributed by atoms with Gasteiger partial charge in [0.15, 0.2) is 11.5 Å². The minimum absolute atomic E-state index is 0.174. The first-order valence-corrected chi connectivity index (χ1v) is 10.4. The van der Waals surface area contributed by atoms with Gasteiger partial charge in [0.2, 0.25) is 0 Å². The summed E-state index contributed by atoms with van der Waals surface area (Å²) in [5.74, 6) is 0.886. The largest absolute Gasteiger partial charge is 0.493 e. The summed E-state index contributed by atoms with van der Waals surface area (Å²) in [4.78, 5) is 26.8. The third-order valence-corrected chi connectivity index (χ3v) is 5.84. The highest BCUT2D eigenvalue weighted by atomic mass is 32.2. The fourth-order valence-corrected chi connectivity index (χ4v) is 4.18. The molecule has 3 rings (SSSR count). The fourth-order valence-electron chi connectivity index (χ4n) is 3.32. The molecule has 1 aliphatic heterocycles. The van der Waals surface area contributed by atoms with Crippen LogP contribution in [0.15, 0.2) is 35.2 Å². The van der Waals surface area contributed by atoms with Gasteiger partial charge < -0.3 is 18.8 Å². The Morgan fingerprint density at radius 1 is 1.03 bits per heavy atom. The second-order valence-corrected chi connectivity index (χ2v) is 7.80. The minimum atomic E-state index is -0.296. The van der Waals surface area contributed by atoms with E-state index in [2.05, 4.69) is 4.57 Å². The molecule has 0 N–H and O–H groups in total. The maximum Gasteiger partial charge on any atom is 0.293 e. The number of aromatic nitrogens is 1. The summed E-state index contributed by atoms with van der Waals surface area (Å²) < 4.78 is 18.2. The SMILES string of the molecule is COCCn1c(C)cc(/C=C2\SC(=O)N(CCOc3ccccc3OC)C2=O)c1C. The number of hydrogen-bond donors (Lipinski definition) is 0. The summed E-state index contributed by atoms with van der Waals surface area (Å²) in [6.45, 7) is 5.73. The molecule has 7 nitrogen and oxygen atoms in total. The van der Waals surface area contributed by atoms with Crippen molar-refractivity contribution in [2.24, 2.45) is 0 Å². The molecule has 0 unspecified atom stereocenters. The predicted octanol–water partition coefficient (Wildman–Crippen LogP) is 3.88. The van der Waals surface area contributed by atoms with Crippen LogP contribution in [-0.4, -0.2) is 54.6 Å². The van der Waals surface area contributed by atoms with Gasteiger partial charge in [0.1, 0.15) is 6.61 Å². The number of benzene rings is 1. The maximum atomic E-state index is 12.8. The number of carbonyl (C=O) groups is 2. The minimum Gasteiger partial charge on any atom is -0.493 e. The molecule has 0 radical (unpaired) electrons. The third-order valence-electron chi connectivity index (χ3n) is 4.93. The summed E-state index contributed by atoms with van der Waals surface area (Å²) in [7, 11) is 3.23. The summed E-state index contributed by atoms with van der Waals surface area (Å²) in [6, 6.07) is 9.28. The van der Waals surface area contributed by atoms with Crippen molar-refractivity contribution in [3.63, 3.8) is 0 Å². The number of ether oxygens (including phenoxy) is 3. The van der Waals surface area contributed by atoms with E-state index in [4.69, 9.17) is 14.2 Å². The van der Waals surface area contributed by atoms with E-state index in [-0.39, 0.29) is 24.3 Å². The first kappa shape index (κ1) is 22.0. The van der Waals surface area contributed by atoms with Gasteiger partial charge in [-0.05, 0) is 55.4 Å². The molecule has 0 spiro atoms. The molecule has 1 saturated heterocycles. The highest BCUT2D eigenvalue weighted by Gasteiger charge is 2.35. The van der Waals surface area contributed by atoms with Crippen molar-refractivity contribution in [3.05, 3.63) is 52.2 Å². The molecule has 1 aromatic carbocycles. The van der Waals surface area contributed by atoms with Gasteiger partial charge in [-0.3, -0.25) is 14.5 Å². The Kier molecular flexibility index (Phi) is 7.23. The number of carbonyl (C=O) groups excluding carboxylic acids is 2. The zero-order valence-electron chi connectivity index (χ0n) is 17.6. The van der Waals surface area contributed by atoms with Gasteiger partial charge in [-0.15, -0.1) is 0 Å². The van der Waals surface area contributed by atoms with Crippen molar-refractivity contribution in [2.45, 2.75) is 20.4 Å². The molecule has 0 bridgehead atoms. The van der Waals surface area contributed by atoms with Crippen LogP contribution in [-0.2, 0) is 16.1 Å². The van der Waals surface area contributed by atoms with Gasteiger partial charge in [0, 0.05) is 25.0 Å². The quantitative estimate of drug-likeness (QED) is 0.563. The standard InChI is InChI=1S/C22H26N2O5S/c1-15-13-17(16(2)23(15)9-11-27-3)14-20-21(25)24(22(26)30-20)10-12-29-19-8-6-5-7-18(19)28-4/h5-8,13-14H,9-12H2,1-4H3/b20-14-. The molecule has 1 aliphatic rings. The molecule has 8 heteroatoms. The monoisotopic (exact) mass is 430 g/mol. The summed E-state index contributed by atoms with van der Waals surface area (Å²) in [5.41, 5.74) is 3.05.